The van der Waals surface area contributed by atoms with Gasteiger partial charge < -0.3 is 10.8 Å². The van der Waals surface area contributed by atoms with Gasteiger partial charge in [-0.2, -0.15) is 0 Å². The van der Waals surface area contributed by atoms with Crippen molar-refractivity contribution in [3.63, 3.8) is 0 Å². The van der Waals surface area contributed by atoms with Crippen LogP contribution >= 0.6 is 27.3 Å². The number of nitrogens with two attached hydrogens (primary N) is 1. The Morgan fingerprint density at radius 3 is 2.72 bits per heavy atom. The van der Waals surface area contributed by atoms with E-state index in [2.05, 4.69) is 15.9 Å². The molecule has 18 heavy (non-hydrogen) atoms. The van der Waals surface area contributed by atoms with Crippen LogP contribution in [0.15, 0.2) is 40.2 Å². The molecular weight excluding hydrogens is 310 g/mol. The zero-order valence-electron chi connectivity index (χ0n) is 10.1. The molecule has 96 valence electrons. The molecule has 0 aliphatic rings. The smallest absolute Gasteiger partial charge is 0.0881 e. The number of aliphatic hydroxyl groups is 1. The van der Waals surface area contributed by atoms with Gasteiger partial charge in [-0.15, -0.1) is 11.3 Å². The molecule has 2 atom stereocenters. The number of aryl methyl sites for hydroxylation is 1. The van der Waals surface area contributed by atoms with Gasteiger partial charge in [-0.25, -0.2) is 0 Å². The molecule has 2 nitrogen and oxygen atoms in total. The topological polar surface area (TPSA) is 46.2 Å². The van der Waals surface area contributed by atoms with Gasteiger partial charge in [0.1, 0.15) is 0 Å². The molecule has 3 N–H and O–H groups in total. The van der Waals surface area contributed by atoms with Crippen molar-refractivity contribution in [2.75, 3.05) is 6.54 Å². The summed E-state index contributed by atoms with van der Waals surface area (Å²) in [5.41, 5.74) is 7.84. The van der Waals surface area contributed by atoms with Crippen molar-refractivity contribution in [3.05, 3.63) is 56.2 Å². The van der Waals surface area contributed by atoms with Gasteiger partial charge in [-0.1, -0.05) is 28.1 Å². The largest absolute Gasteiger partial charge is 0.388 e. The van der Waals surface area contributed by atoms with E-state index < -0.39 is 6.10 Å². The molecule has 0 bridgehead atoms. The van der Waals surface area contributed by atoms with E-state index in [4.69, 9.17) is 5.73 Å². The molecule has 0 spiro atoms. The SMILES string of the molecule is Cc1cc(Br)ccc1C(O)C(CN)c1cccs1. The number of halogens is 1. The molecule has 4 heteroatoms. The number of thiophene rings is 1. The normalized spacial score (nSPS) is 14.4. The minimum atomic E-state index is -0.554. The molecule has 0 fully saturated rings. The number of hydrogen-bond acceptors (Lipinski definition) is 3. The minimum absolute atomic E-state index is 0.0372. The van der Waals surface area contributed by atoms with E-state index in [1.165, 1.54) is 0 Å². The molecular formula is C14H16BrNOS. The van der Waals surface area contributed by atoms with Crippen LogP contribution in [-0.2, 0) is 0 Å². The highest BCUT2D eigenvalue weighted by Crippen LogP contribution is 2.34. The Labute approximate surface area is 120 Å². The second kappa shape index (κ2) is 5.97. The second-order valence-electron chi connectivity index (χ2n) is 4.30. The molecule has 0 saturated carbocycles. The number of benzene rings is 1. The summed E-state index contributed by atoms with van der Waals surface area (Å²) in [5, 5.41) is 12.5. The van der Waals surface area contributed by atoms with Gasteiger partial charge >= 0.3 is 0 Å². The summed E-state index contributed by atoms with van der Waals surface area (Å²) in [6.45, 7) is 2.45. The van der Waals surface area contributed by atoms with Crippen molar-refractivity contribution < 1.29 is 5.11 Å². The van der Waals surface area contributed by atoms with Crippen molar-refractivity contribution >= 4 is 27.3 Å². The Morgan fingerprint density at radius 1 is 1.39 bits per heavy atom. The lowest BCUT2D eigenvalue weighted by Gasteiger charge is -2.22. The third-order valence-electron chi connectivity index (χ3n) is 3.09. The fourth-order valence-corrected chi connectivity index (χ4v) is 3.44. The van der Waals surface area contributed by atoms with Crippen LogP contribution in [0.5, 0.6) is 0 Å². The summed E-state index contributed by atoms with van der Waals surface area (Å²) in [6, 6.07) is 9.94. The maximum Gasteiger partial charge on any atom is 0.0881 e. The summed E-state index contributed by atoms with van der Waals surface area (Å²) in [4.78, 5) is 1.13. The first-order valence-electron chi connectivity index (χ1n) is 5.81. The molecule has 0 amide bonds. The molecule has 0 saturated heterocycles. The van der Waals surface area contributed by atoms with E-state index in [-0.39, 0.29) is 5.92 Å². The van der Waals surface area contributed by atoms with E-state index in [1.807, 2.05) is 42.6 Å². The fourth-order valence-electron chi connectivity index (χ4n) is 2.09. The maximum absolute atomic E-state index is 10.5. The highest BCUT2D eigenvalue weighted by atomic mass is 79.9. The molecule has 0 aliphatic heterocycles. The summed E-state index contributed by atoms with van der Waals surface area (Å²) < 4.78 is 1.02. The number of hydrogen-bond donors (Lipinski definition) is 2. The van der Waals surface area contributed by atoms with Crippen molar-refractivity contribution in [1.29, 1.82) is 0 Å². The van der Waals surface area contributed by atoms with Crippen molar-refractivity contribution in [2.45, 2.75) is 18.9 Å². The monoisotopic (exact) mass is 325 g/mol. The Morgan fingerprint density at radius 2 is 2.17 bits per heavy atom. The second-order valence-corrected chi connectivity index (χ2v) is 6.20. The first-order valence-corrected chi connectivity index (χ1v) is 7.48. The molecule has 1 heterocycles. The average Bonchev–Trinajstić information content (AvgIpc) is 2.83. The Kier molecular flexibility index (Phi) is 4.56. The van der Waals surface area contributed by atoms with Crippen LogP contribution in [0.3, 0.4) is 0 Å². The molecule has 0 aliphatic carbocycles. The summed E-state index contributed by atoms with van der Waals surface area (Å²) in [7, 11) is 0. The Hall–Kier alpha value is -0.680. The van der Waals surface area contributed by atoms with E-state index in [0.29, 0.717) is 6.54 Å². The van der Waals surface area contributed by atoms with Gasteiger partial charge in [0.15, 0.2) is 0 Å². The standard InChI is InChI=1S/C14H16BrNOS/c1-9-7-10(15)4-5-11(9)14(17)12(8-16)13-3-2-6-18-13/h2-7,12,14,17H,8,16H2,1H3. The Balaban J connectivity index is 2.31. The van der Waals surface area contributed by atoms with Crippen LogP contribution in [0.2, 0.25) is 0 Å². The van der Waals surface area contributed by atoms with E-state index in [9.17, 15) is 5.11 Å². The van der Waals surface area contributed by atoms with Gasteiger partial charge in [0.25, 0.3) is 0 Å². The zero-order valence-corrected chi connectivity index (χ0v) is 12.5. The third-order valence-corrected chi connectivity index (χ3v) is 4.59. The van der Waals surface area contributed by atoms with Crippen LogP contribution in [-0.4, -0.2) is 11.7 Å². The molecule has 2 unspecified atom stereocenters. The molecule has 1 aromatic carbocycles. The third kappa shape index (κ3) is 2.83. The van der Waals surface area contributed by atoms with E-state index in [0.717, 1.165) is 20.5 Å². The summed E-state index contributed by atoms with van der Waals surface area (Å²) in [6.07, 6.45) is -0.554. The average molecular weight is 326 g/mol. The zero-order chi connectivity index (χ0) is 13.1. The molecule has 0 radical (unpaired) electrons. The van der Waals surface area contributed by atoms with Crippen LogP contribution in [0.4, 0.5) is 0 Å². The first-order chi connectivity index (χ1) is 8.63. The maximum atomic E-state index is 10.5. The minimum Gasteiger partial charge on any atom is -0.388 e. The van der Waals surface area contributed by atoms with Gasteiger partial charge in [0.2, 0.25) is 0 Å². The first kappa shape index (κ1) is 13.7. The highest BCUT2D eigenvalue weighted by Gasteiger charge is 2.23. The van der Waals surface area contributed by atoms with Gasteiger partial charge in [-0.05, 0) is 41.6 Å². The summed E-state index contributed by atoms with van der Waals surface area (Å²) >= 11 is 5.07. The van der Waals surface area contributed by atoms with Crippen molar-refractivity contribution in [3.8, 4) is 0 Å². The predicted molar refractivity (Wildman–Crippen MR) is 80.0 cm³/mol. The predicted octanol–water partition coefficient (Wildman–Crippen LogP) is 3.59. The molecule has 1 aromatic heterocycles. The van der Waals surface area contributed by atoms with Gasteiger partial charge in [0, 0.05) is 21.8 Å². The van der Waals surface area contributed by atoms with E-state index in [1.54, 1.807) is 11.3 Å². The molecule has 2 aromatic rings. The van der Waals surface area contributed by atoms with Crippen molar-refractivity contribution in [2.24, 2.45) is 5.73 Å². The number of rotatable bonds is 4. The lowest BCUT2D eigenvalue weighted by atomic mass is 9.92. The van der Waals surface area contributed by atoms with Crippen LogP contribution in [0.1, 0.15) is 28.0 Å². The fraction of sp³-hybridized carbons (Fsp3) is 0.286. The Bertz CT molecular complexity index is 513. The van der Waals surface area contributed by atoms with Crippen LogP contribution < -0.4 is 5.73 Å². The van der Waals surface area contributed by atoms with E-state index >= 15 is 0 Å². The lowest BCUT2D eigenvalue weighted by Crippen LogP contribution is -2.19. The summed E-state index contributed by atoms with van der Waals surface area (Å²) in [5.74, 6) is -0.0372. The van der Waals surface area contributed by atoms with Crippen molar-refractivity contribution in [1.82, 2.24) is 0 Å². The highest BCUT2D eigenvalue weighted by molar-refractivity contribution is 9.10. The van der Waals surface area contributed by atoms with Gasteiger partial charge in [-0.3, -0.25) is 0 Å². The van der Waals surface area contributed by atoms with Crippen LogP contribution in [0.25, 0.3) is 0 Å². The van der Waals surface area contributed by atoms with Crippen LogP contribution in [0, 0.1) is 6.92 Å². The van der Waals surface area contributed by atoms with Gasteiger partial charge in [0.05, 0.1) is 6.10 Å². The number of aliphatic hydroxyl groups excluding tert-OH is 1. The lowest BCUT2D eigenvalue weighted by molar-refractivity contribution is 0.148. The molecule has 2 rings (SSSR count). The quantitative estimate of drug-likeness (QED) is 0.902.